The molecule has 0 fully saturated rings. The van der Waals surface area contributed by atoms with Gasteiger partial charge in [0.1, 0.15) is 12.0 Å². The number of aliphatic hydroxyl groups excluding tert-OH is 1. The molecule has 0 aromatic carbocycles. The van der Waals surface area contributed by atoms with Crippen LogP contribution in [0.2, 0.25) is 0 Å². The fourth-order valence-electron chi connectivity index (χ4n) is 2.11. The molecule has 0 aromatic rings. The van der Waals surface area contributed by atoms with Crippen molar-refractivity contribution in [2.24, 2.45) is 10.8 Å². The number of hydrogen-bond donors (Lipinski definition) is 3. The monoisotopic (exact) mass is 329 g/mol. The summed E-state index contributed by atoms with van der Waals surface area (Å²) in [6.45, 7) is 12.3. The lowest BCUT2D eigenvalue weighted by Gasteiger charge is -2.38. The molecule has 0 rings (SSSR count). The van der Waals surface area contributed by atoms with Crippen LogP contribution in [-0.2, 0) is 9.59 Å². The van der Waals surface area contributed by atoms with Crippen molar-refractivity contribution in [1.82, 2.24) is 15.5 Å². The molecule has 0 saturated carbocycles. The third kappa shape index (κ3) is 7.42. The zero-order valence-electron chi connectivity index (χ0n) is 16.0. The maximum Gasteiger partial charge on any atom is 0.237 e. The first-order valence-corrected chi connectivity index (χ1v) is 8.18. The zero-order valence-corrected chi connectivity index (χ0v) is 16.0. The van der Waals surface area contributed by atoms with E-state index in [9.17, 15) is 14.7 Å². The van der Waals surface area contributed by atoms with E-state index in [0.717, 1.165) is 0 Å². The molecule has 1 amide bonds. The largest absolute Gasteiger partial charge is 0.378 e. The van der Waals surface area contributed by atoms with Gasteiger partial charge in [0, 0.05) is 30.3 Å². The lowest BCUT2D eigenvalue weighted by Crippen LogP contribution is -2.54. The smallest absolute Gasteiger partial charge is 0.237 e. The predicted octanol–water partition coefficient (Wildman–Crippen LogP) is 0.992. The van der Waals surface area contributed by atoms with E-state index in [1.165, 1.54) is 0 Å². The summed E-state index contributed by atoms with van der Waals surface area (Å²) in [6, 6.07) is -0.687. The third-order valence-electron chi connectivity index (χ3n) is 3.84. The molecule has 0 spiro atoms. The van der Waals surface area contributed by atoms with Gasteiger partial charge in [0.15, 0.2) is 0 Å². The predicted molar refractivity (Wildman–Crippen MR) is 93.0 cm³/mol. The van der Waals surface area contributed by atoms with Gasteiger partial charge in [0.2, 0.25) is 5.91 Å². The number of hydrogen-bond acceptors (Lipinski definition) is 5. The first-order chi connectivity index (χ1) is 10.3. The summed E-state index contributed by atoms with van der Waals surface area (Å²) in [7, 11) is 3.50. The highest BCUT2D eigenvalue weighted by Gasteiger charge is 2.36. The Morgan fingerprint density at radius 1 is 1.09 bits per heavy atom. The maximum atomic E-state index is 12.5. The fourth-order valence-corrected chi connectivity index (χ4v) is 2.11. The molecule has 0 aliphatic rings. The molecule has 0 aromatic heterocycles. The van der Waals surface area contributed by atoms with Gasteiger partial charge in [0.25, 0.3) is 0 Å². The lowest BCUT2D eigenvalue weighted by atomic mass is 9.85. The molecule has 2 unspecified atom stereocenters. The molecular weight excluding hydrogens is 294 g/mol. The number of Topliss-reactive ketones (excluding diaryl/α,β-unsaturated/α-hetero) is 1. The standard InChI is InChI=1S/C17H35N3O3/c1-16(2,3)13(21)11-12(14(22)19-10-9-18-7)20(8)15(23)17(4,5)6/h12,15,18,23H,9-11H2,1-8H3,(H,19,22). The van der Waals surface area contributed by atoms with Crippen molar-refractivity contribution in [3.8, 4) is 0 Å². The first kappa shape index (κ1) is 22.0. The number of nitrogens with zero attached hydrogens (tertiary/aromatic N) is 1. The Balaban J connectivity index is 5.21. The van der Waals surface area contributed by atoms with Gasteiger partial charge in [-0.25, -0.2) is 0 Å². The number of amides is 1. The Bertz CT molecular complexity index is 397. The molecule has 0 aliphatic carbocycles. The van der Waals surface area contributed by atoms with Crippen molar-refractivity contribution in [3.05, 3.63) is 0 Å². The lowest BCUT2D eigenvalue weighted by molar-refractivity contribution is -0.142. The molecule has 3 N–H and O–H groups in total. The highest BCUT2D eigenvalue weighted by Crippen LogP contribution is 2.25. The van der Waals surface area contributed by atoms with E-state index in [1.54, 1.807) is 11.9 Å². The highest BCUT2D eigenvalue weighted by atomic mass is 16.3. The van der Waals surface area contributed by atoms with Crippen LogP contribution in [0, 0.1) is 10.8 Å². The Hall–Kier alpha value is -0.980. The number of carbonyl (C=O) groups is 2. The van der Waals surface area contributed by atoms with Gasteiger partial charge in [0.05, 0.1) is 6.04 Å². The molecular formula is C17H35N3O3. The Labute approximate surface area is 141 Å². The normalized spacial score (nSPS) is 15.4. The summed E-state index contributed by atoms with van der Waals surface area (Å²) in [6.07, 6.45) is -0.742. The Morgan fingerprint density at radius 2 is 1.61 bits per heavy atom. The minimum atomic E-state index is -0.824. The number of likely N-dealkylation sites (N-methyl/N-ethyl adjacent to an activating group) is 2. The average Bonchev–Trinajstić information content (AvgIpc) is 2.40. The van der Waals surface area contributed by atoms with Crippen molar-refractivity contribution < 1.29 is 14.7 Å². The van der Waals surface area contributed by atoms with Crippen molar-refractivity contribution in [2.45, 2.75) is 60.2 Å². The molecule has 0 bridgehead atoms. The molecule has 0 heterocycles. The van der Waals surface area contributed by atoms with Crippen LogP contribution in [0.3, 0.4) is 0 Å². The summed E-state index contributed by atoms with van der Waals surface area (Å²) in [5.41, 5.74) is -0.930. The molecule has 23 heavy (non-hydrogen) atoms. The van der Waals surface area contributed by atoms with Crippen LogP contribution in [0.1, 0.15) is 48.0 Å². The van der Waals surface area contributed by atoms with Crippen molar-refractivity contribution in [3.63, 3.8) is 0 Å². The number of carbonyl (C=O) groups excluding carboxylic acids is 2. The van der Waals surface area contributed by atoms with E-state index in [2.05, 4.69) is 10.6 Å². The van der Waals surface area contributed by atoms with E-state index in [-0.39, 0.29) is 18.1 Å². The van der Waals surface area contributed by atoms with Gasteiger partial charge in [-0.2, -0.15) is 0 Å². The minimum absolute atomic E-state index is 0.000717. The second-order valence-electron chi connectivity index (χ2n) is 8.19. The summed E-state index contributed by atoms with van der Waals surface area (Å²) in [5.74, 6) is -0.233. The second-order valence-corrected chi connectivity index (χ2v) is 8.19. The summed E-state index contributed by atoms with van der Waals surface area (Å²) in [5, 5.41) is 16.3. The third-order valence-corrected chi connectivity index (χ3v) is 3.84. The van der Waals surface area contributed by atoms with Gasteiger partial charge in [-0.15, -0.1) is 0 Å². The van der Waals surface area contributed by atoms with E-state index in [1.807, 2.05) is 48.6 Å². The van der Waals surface area contributed by atoms with Gasteiger partial charge in [-0.3, -0.25) is 14.5 Å². The van der Waals surface area contributed by atoms with Crippen molar-refractivity contribution >= 4 is 11.7 Å². The van der Waals surface area contributed by atoms with E-state index in [4.69, 9.17) is 0 Å². The molecule has 136 valence electrons. The van der Waals surface area contributed by atoms with E-state index < -0.39 is 23.1 Å². The molecule has 6 heteroatoms. The van der Waals surface area contributed by atoms with E-state index >= 15 is 0 Å². The molecule has 0 aliphatic heterocycles. The summed E-state index contributed by atoms with van der Waals surface area (Å²) in [4.78, 5) is 26.5. The minimum Gasteiger partial charge on any atom is -0.378 e. The molecule has 6 nitrogen and oxygen atoms in total. The highest BCUT2D eigenvalue weighted by molar-refractivity contribution is 5.91. The van der Waals surface area contributed by atoms with Crippen LogP contribution in [0.4, 0.5) is 0 Å². The van der Waals surface area contributed by atoms with Gasteiger partial charge in [-0.1, -0.05) is 41.5 Å². The van der Waals surface area contributed by atoms with Gasteiger partial charge < -0.3 is 15.7 Å². The Kier molecular flexibility index (Phi) is 8.38. The van der Waals surface area contributed by atoms with Crippen molar-refractivity contribution in [1.29, 1.82) is 0 Å². The number of aliphatic hydroxyl groups is 1. The molecule has 0 radical (unpaired) electrons. The number of ketones is 1. The summed E-state index contributed by atoms with van der Waals surface area (Å²) < 4.78 is 0. The SMILES string of the molecule is CNCCNC(=O)C(CC(=O)C(C)(C)C)N(C)C(O)C(C)(C)C. The maximum absolute atomic E-state index is 12.5. The van der Waals surface area contributed by atoms with Crippen LogP contribution in [-0.4, -0.2) is 61.2 Å². The number of rotatable bonds is 8. The quantitative estimate of drug-likeness (QED) is 0.457. The number of nitrogens with one attached hydrogen (secondary N) is 2. The second kappa shape index (κ2) is 8.76. The van der Waals surface area contributed by atoms with Crippen LogP contribution < -0.4 is 10.6 Å². The van der Waals surface area contributed by atoms with Crippen LogP contribution in [0.5, 0.6) is 0 Å². The Morgan fingerprint density at radius 3 is 2.00 bits per heavy atom. The fraction of sp³-hybridized carbons (Fsp3) is 0.882. The van der Waals surface area contributed by atoms with Gasteiger partial charge in [-0.05, 0) is 14.1 Å². The van der Waals surface area contributed by atoms with Crippen molar-refractivity contribution in [2.75, 3.05) is 27.2 Å². The molecule has 0 saturated heterocycles. The average molecular weight is 329 g/mol. The zero-order chi connectivity index (χ0) is 18.4. The topological polar surface area (TPSA) is 81.7 Å². The van der Waals surface area contributed by atoms with Crippen LogP contribution in [0.25, 0.3) is 0 Å². The van der Waals surface area contributed by atoms with Crippen LogP contribution in [0.15, 0.2) is 0 Å². The first-order valence-electron chi connectivity index (χ1n) is 8.18. The molecule has 2 atom stereocenters. The van der Waals surface area contributed by atoms with Crippen LogP contribution >= 0.6 is 0 Å². The summed E-state index contributed by atoms with van der Waals surface area (Å²) >= 11 is 0. The van der Waals surface area contributed by atoms with Gasteiger partial charge >= 0.3 is 0 Å². The van der Waals surface area contributed by atoms with E-state index in [0.29, 0.717) is 13.1 Å².